The van der Waals surface area contributed by atoms with Gasteiger partial charge < -0.3 is 5.73 Å². The zero-order valence-electron chi connectivity index (χ0n) is 11.8. The fourth-order valence-corrected chi connectivity index (χ4v) is 1.95. The van der Waals surface area contributed by atoms with Gasteiger partial charge in [0.25, 0.3) is 0 Å². The molecule has 2 N–H and O–H groups in total. The van der Waals surface area contributed by atoms with Gasteiger partial charge in [0, 0.05) is 12.1 Å². The molecule has 0 bridgehead atoms. The zero-order chi connectivity index (χ0) is 15.1. The fraction of sp³-hybridized carbons (Fsp3) is 0.400. The summed E-state index contributed by atoms with van der Waals surface area (Å²) in [7, 11) is 0. The normalized spacial score (nSPS) is 10.6. The highest BCUT2D eigenvalue weighted by atomic mass is 16.1. The number of nitrogens with two attached hydrogens (primary N) is 1. The molecule has 0 unspecified atom stereocenters. The van der Waals surface area contributed by atoms with Gasteiger partial charge in [0.15, 0.2) is 5.78 Å². The van der Waals surface area contributed by atoms with Crippen molar-refractivity contribution in [2.75, 3.05) is 19.6 Å². The summed E-state index contributed by atoms with van der Waals surface area (Å²) in [5.74, 6) is -0.196. The van der Waals surface area contributed by atoms with Gasteiger partial charge in [-0.3, -0.25) is 14.5 Å². The Labute approximate surface area is 119 Å². The molecular formula is C15H19N3O2. The van der Waals surface area contributed by atoms with Gasteiger partial charge in [-0.05, 0) is 18.1 Å². The molecule has 0 atom stereocenters. The van der Waals surface area contributed by atoms with Gasteiger partial charge in [-0.25, -0.2) is 0 Å². The van der Waals surface area contributed by atoms with E-state index >= 15 is 0 Å². The monoisotopic (exact) mass is 273 g/mol. The first kappa shape index (κ1) is 15.9. The van der Waals surface area contributed by atoms with E-state index in [4.69, 9.17) is 11.0 Å². The van der Waals surface area contributed by atoms with E-state index in [9.17, 15) is 9.59 Å². The minimum absolute atomic E-state index is 0.0696. The van der Waals surface area contributed by atoms with Gasteiger partial charge in [0.05, 0.1) is 24.7 Å². The molecule has 5 nitrogen and oxygen atoms in total. The smallest absolute Gasteiger partial charge is 0.231 e. The summed E-state index contributed by atoms with van der Waals surface area (Å²) < 4.78 is 0. The number of nitriles is 1. The van der Waals surface area contributed by atoms with E-state index in [1.807, 2.05) is 19.9 Å². The average molecular weight is 273 g/mol. The third-order valence-electron chi connectivity index (χ3n) is 2.71. The molecule has 1 rings (SSSR count). The van der Waals surface area contributed by atoms with Crippen molar-refractivity contribution in [2.45, 2.75) is 13.8 Å². The summed E-state index contributed by atoms with van der Waals surface area (Å²) >= 11 is 0. The van der Waals surface area contributed by atoms with Gasteiger partial charge in [0.2, 0.25) is 5.91 Å². The molecule has 0 fully saturated rings. The summed E-state index contributed by atoms with van der Waals surface area (Å²) in [6.45, 7) is 4.87. The van der Waals surface area contributed by atoms with Crippen molar-refractivity contribution < 1.29 is 9.59 Å². The number of nitrogens with zero attached hydrogens (tertiary/aromatic N) is 2. The largest absolute Gasteiger partial charge is 0.369 e. The molecule has 0 aromatic heterocycles. The second kappa shape index (κ2) is 7.41. The summed E-state index contributed by atoms with van der Waals surface area (Å²) in [6.07, 6.45) is 0. The third kappa shape index (κ3) is 5.21. The predicted molar refractivity (Wildman–Crippen MR) is 76.0 cm³/mol. The van der Waals surface area contributed by atoms with Crippen molar-refractivity contribution in [1.82, 2.24) is 4.90 Å². The van der Waals surface area contributed by atoms with Crippen molar-refractivity contribution in [2.24, 2.45) is 11.7 Å². The standard InChI is InChI=1S/C15H19N3O2/c1-11(2)8-18(10-15(17)20)9-14(19)13-5-3-12(7-16)4-6-13/h3-6,11H,8-10H2,1-2H3,(H2,17,20). The van der Waals surface area contributed by atoms with Crippen LogP contribution in [0.25, 0.3) is 0 Å². The Morgan fingerprint density at radius 3 is 2.30 bits per heavy atom. The molecule has 0 aliphatic rings. The molecule has 0 aliphatic heterocycles. The summed E-state index contributed by atoms with van der Waals surface area (Å²) in [5.41, 5.74) is 6.24. The number of ketones is 1. The molecule has 5 heteroatoms. The second-order valence-electron chi connectivity index (χ2n) is 5.14. The number of primary amides is 1. The van der Waals surface area contributed by atoms with Crippen LogP contribution in [0.15, 0.2) is 24.3 Å². The SMILES string of the molecule is CC(C)CN(CC(N)=O)CC(=O)c1ccc(C#N)cc1. The topological polar surface area (TPSA) is 87.2 Å². The van der Waals surface area contributed by atoms with E-state index in [1.54, 1.807) is 29.2 Å². The Hall–Kier alpha value is -2.19. The molecule has 0 radical (unpaired) electrons. The van der Waals surface area contributed by atoms with Crippen LogP contribution in [0.1, 0.15) is 29.8 Å². The maximum absolute atomic E-state index is 12.1. The van der Waals surface area contributed by atoms with Crippen LogP contribution < -0.4 is 5.73 Å². The molecule has 1 aromatic rings. The molecule has 20 heavy (non-hydrogen) atoms. The van der Waals surface area contributed by atoms with Crippen LogP contribution >= 0.6 is 0 Å². The lowest BCUT2D eigenvalue weighted by atomic mass is 10.1. The highest BCUT2D eigenvalue weighted by Gasteiger charge is 2.15. The number of carbonyl (C=O) groups is 2. The van der Waals surface area contributed by atoms with E-state index in [2.05, 4.69) is 0 Å². The highest BCUT2D eigenvalue weighted by Crippen LogP contribution is 2.07. The lowest BCUT2D eigenvalue weighted by Gasteiger charge is -2.21. The van der Waals surface area contributed by atoms with Gasteiger partial charge in [-0.15, -0.1) is 0 Å². The predicted octanol–water partition coefficient (Wildman–Crippen LogP) is 1.18. The van der Waals surface area contributed by atoms with Crippen LogP contribution in [0.5, 0.6) is 0 Å². The number of carbonyl (C=O) groups excluding carboxylic acids is 2. The quantitative estimate of drug-likeness (QED) is 0.756. The number of amides is 1. The van der Waals surface area contributed by atoms with Crippen molar-refractivity contribution >= 4 is 11.7 Å². The molecular weight excluding hydrogens is 254 g/mol. The number of hydrogen-bond donors (Lipinski definition) is 1. The minimum Gasteiger partial charge on any atom is -0.369 e. The van der Waals surface area contributed by atoms with Crippen LogP contribution in [0.3, 0.4) is 0 Å². The number of hydrogen-bond acceptors (Lipinski definition) is 4. The van der Waals surface area contributed by atoms with E-state index in [0.29, 0.717) is 23.6 Å². The van der Waals surface area contributed by atoms with E-state index in [1.165, 1.54) is 0 Å². The Morgan fingerprint density at radius 2 is 1.85 bits per heavy atom. The number of rotatable bonds is 7. The molecule has 1 aromatic carbocycles. The molecule has 0 spiro atoms. The Balaban J connectivity index is 2.73. The van der Waals surface area contributed by atoms with Crippen LogP contribution in [0.4, 0.5) is 0 Å². The van der Waals surface area contributed by atoms with Gasteiger partial charge >= 0.3 is 0 Å². The van der Waals surface area contributed by atoms with Crippen LogP contribution in [0.2, 0.25) is 0 Å². The van der Waals surface area contributed by atoms with Gasteiger partial charge in [-0.2, -0.15) is 5.26 Å². The van der Waals surface area contributed by atoms with Crippen molar-refractivity contribution in [3.05, 3.63) is 35.4 Å². The highest BCUT2D eigenvalue weighted by molar-refractivity contribution is 5.97. The molecule has 0 saturated heterocycles. The average Bonchev–Trinajstić information content (AvgIpc) is 2.37. The second-order valence-corrected chi connectivity index (χ2v) is 5.14. The molecule has 106 valence electrons. The van der Waals surface area contributed by atoms with Gasteiger partial charge in [0.1, 0.15) is 0 Å². The van der Waals surface area contributed by atoms with Gasteiger partial charge in [-0.1, -0.05) is 26.0 Å². The Morgan fingerprint density at radius 1 is 1.25 bits per heavy atom. The van der Waals surface area contributed by atoms with E-state index < -0.39 is 5.91 Å². The van der Waals surface area contributed by atoms with Crippen molar-refractivity contribution in [3.63, 3.8) is 0 Å². The first-order chi connectivity index (χ1) is 9.42. The van der Waals surface area contributed by atoms with Crippen molar-refractivity contribution in [1.29, 1.82) is 5.26 Å². The maximum Gasteiger partial charge on any atom is 0.231 e. The lowest BCUT2D eigenvalue weighted by Crippen LogP contribution is -2.39. The Bertz CT molecular complexity index is 515. The molecule has 0 saturated carbocycles. The molecule has 1 amide bonds. The van der Waals surface area contributed by atoms with Crippen LogP contribution in [-0.4, -0.2) is 36.2 Å². The zero-order valence-corrected chi connectivity index (χ0v) is 11.8. The van der Waals surface area contributed by atoms with Crippen LogP contribution in [0, 0.1) is 17.2 Å². The van der Waals surface area contributed by atoms with Crippen molar-refractivity contribution in [3.8, 4) is 6.07 Å². The van der Waals surface area contributed by atoms with E-state index in [0.717, 1.165) is 0 Å². The summed E-state index contributed by atoms with van der Waals surface area (Å²) in [6, 6.07) is 8.46. The molecule has 0 aliphatic carbocycles. The lowest BCUT2D eigenvalue weighted by molar-refractivity contribution is -0.119. The van der Waals surface area contributed by atoms with Crippen LogP contribution in [-0.2, 0) is 4.79 Å². The minimum atomic E-state index is -0.446. The fourth-order valence-electron chi connectivity index (χ4n) is 1.95. The first-order valence-electron chi connectivity index (χ1n) is 6.46. The summed E-state index contributed by atoms with van der Waals surface area (Å²) in [5, 5.41) is 8.72. The maximum atomic E-state index is 12.1. The van der Waals surface area contributed by atoms with E-state index in [-0.39, 0.29) is 18.9 Å². The third-order valence-corrected chi connectivity index (χ3v) is 2.71. The first-order valence-corrected chi connectivity index (χ1v) is 6.46. The molecule has 0 heterocycles. The summed E-state index contributed by atoms with van der Waals surface area (Å²) in [4.78, 5) is 24.9. The Kier molecular flexibility index (Phi) is 5.88. The number of Topliss-reactive ketones (excluding diaryl/α,β-unsaturated/α-hetero) is 1. The number of benzene rings is 1.